The standard InChI is InChI=1S/C12H23N5O/c1-16(7-11-3-2-6-18-10-11)8-12-9-17(5-4-13)15-14-12/h9,11H,2-8,10,13H2,1H3. The van der Waals surface area contributed by atoms with Crippen LogP contribution in [0.1, 0.15) is 18.5 Å². The van der Waals surface area contributed by atoms with Crippen molar-refractivity contribution in [3.8, 4) is 0 Å². The van der Waals surface area contributed by atoms with Crippen LogP contribution in [0.2, 0.25) is 0 Å². The molecule has 0 aliphatic carbocycles. The Bertz CT molecular complexity index is 348. The lowest BCUT2D eigenvalue weighted by atomic mass is 10.0. The zero-order valence-corrected chi connectivity index (χ0v) is 11.1. The monoisotopic (exact) mass is 253 g/mol. The van der Waals surface area contributed by atoms with Crippen LogP contribution in [-0.2, 0) is 17.8 Å². The molecule has 1 aromatic rings. The van der Waals surface area contributed by atoms with Crippen molar-refractivity contribution in [2.45, 2.75) is 25.9 Å². The van der Waals surface area contributed by atoms with E-state index in [2.05, 4.69) is 22.3 Å². The van der Waals surface area contributed by atoms with Crippen LogP contribution in [0.5, 0.6) is 0 Å². The van der Waals surface area contributed by atoms with Gasteiger partial charge in [-0.25, -0.2) is 0 Å². The van der Waals surface area contributed by atoms with Crippen LogP contribution < -0.4 is 5.73 Å². The van der Waals surface area contributed by atoms with Crippen molar-refractivity contribution < 1.29 is 4.74 Å². The third kappa shape index (κ3) is 4.04. The molecule has 1 fully saturated rings. The van der Waals surface area contributed by atoms with Gasteiger partial charge in [-0.3, -0.25) is 4.68 Å². The molecule has 0 saturated carbocycles. The van der Waals surface area contributed by atoms with Gasteiger partial charge in [0.15, 0.2) is 0 Å². The predicted molar refractivity (Wildman–Crippen MR) is 69.0 cm³/mol. The molecule has 1 unspecified atom stereocenters. The Balaban J connectivity index is 1.76. The zero-order chi connectivity index (χ0) is 12.8. The minimum absolute atomic E-state index is 0.595. The van der Waals surface area contributed by atoms with Gasteiger partial charge in [-0.15, -0.1) is 5.10 Å². The summed E-state index contributed by atoms with van der Waals surface area (Å²) in [5.41, 5.74) is 6.48. The molecule has 0 amide bonds. The summed E-state index contributed by atoms with van der Waals surface area (Å²) in [7, 11) is 2.12. The van der Waals surface area contributed by atoms with Gasteiger partial charge >= 0.3 is 0 Å². The van der Waals surface area contributed by atoms with Gasteiger partial charge in [0.1, 0.15) is 0 Å². The van der Waals surface area contributed by atoms with Gasteiger partial charge in [-0.05, 0) is 25.8 Å². The molecule has 102 valence electrons. The van der Waals surface area contributed by atoms with E-state index in [1.807, 2.05) is 6.20 Å². The van der Waals surface area contributed by atoms with Gasteiger partial charge in [-0.1, -0.05) is 5.21 Å². The average Bonchev–Trinajstić information content (AvgIpc) is 2.78. The molecule has 0 bridgehead atoms. The topological polar surface area (TPSA) is 69.2 Å². The summed E-state index contributed by atoms with van der Waals surface area (Å²) in [6.07, 6.45) is 4.43. The highest BCUT2D eigenvalue weighted by atomic mass is 16.5. The quantitative estimate of drug-likeness (QED) is 0.778. The Morgan fingerprint density at radius 2 is 2.50 bits per heavy atom. The van der Waals surface area contributed by atoms with E-state index in [0.717, 1.165) is 38.5 Å². The molecule has 1 saturated heterocycles. The summed E-state index contributed by atoms with van der Waals surface area (Å²) in [5.74, 6) is 0.655. The molecular formula is C12H23N5O. The second-order valence-corrected chi connectivity index (χ2v) is 5.04. The van der Waals surface area contributed by atoms with Crippen LogP contribution in [-0.4, -0.2) is 53.2 Å². The number of nitrogens with two attached hydrogens (primary N) is 1. The zero-order valence-electron chi connectivity index (χ0n) is 11.1. The van der Waals surface area contributed by atoms with Crippen LogP contribution in [0.3, 0.4) is 0 Å². The van der Waals surface area contributed by atoms with Crippen molar-refractivity contribution in [3.63, 3.8) is 0 Å². The third-order valence-electron chi connectivity index (χ3n) is 3.20. The first-order valence-corrected chi connectivity index (χ1v) is 6.63. The van der Waals surface area contributed by atoms with Crippen molar-refractivity contribution in [2.75, 3.05) is 33.4 Å². The number of rotatable bonds is 6. The molecule has 6 nitrogen and oxygen atoms in total. The molecule has 18 heavy (non-hydrogen) atoms. The highest BCUT2D eigenvalue weighted by Gasteiger charge is 2.16. The first-order valence-electron chi connectivity index (χ1n) is 6.63. The van der Waals surface area contributed by atoms with E-state index in [1.165, 1.54) is 12.8 Å². The van der Waals surface area contributed by atoms with Crippen LogP contribution in [0.15, 0.2) is 6.20 Å². The molecule has 1 aliphatic rings. The van der Waals surface area contributed by atoms with Crippen molar-refractivity contribution in [1.29, 1.82) is 0 Å². The Labute approximate surface area is 108 Å². The number of ether oxygens (including phenoxy) is 1. The lowest BCUT2D eigenvalue weighted by Gasteiger charge is -2.26. The lowest BCUT2D eigenvalue weighted by molar-refractivity contribution is 0.0410. The minimum Gasteiger partial charge on any atom is -0.381 e. The maximum Gasteiger partial charge on any atom is 0.0967 e. The van der Waals surface area contributed by atoms with Gasteiger partial charge < -0.3 is 15.4 Å². The largest absolute Gasteiger partial charge is 0.381 e. The summed E-state index contributed by atoms with van der Waals surface area (Å²) in [6, 6.07) is 0. The second kappa shape index (κ2) is 6.82. The van der Waals surface area contributed by atoms with Crippen molar-refractivity contribution >= 4 is 0 Å². The molecule has 0 radical (unpaired) electrons. The highest BCUT2D eigenvalue weighted by Crippen LogP contribution is 2.15. The van der Waals surface area contributed by atoms with E-state index < -0.39 is 0 Å². The number of hydrogen-bond acceptors (Lipinski definition) is 5. The Morgan fingerprint density at radius 1 is 1.61 bits per heavy atom. The van der Waals surface area contributed by atoms with Gasteiger partial charge in [0.05, 0.1) is 18.8 Å². The highest BCUT2D eigenvalue weighted by molar-refractivity contribution is 4.92. The molecule has 1 atom stereocenters. The van der Waals surface area contributed by atoms with Gasteiger partial charge in [0.25, 0.3) is 0 Å². The average molecular weight is 253 g/mol. The fourth-order valence-electron chi connectivity index (χ4n) is 2.39. The molecule has 0 spiro atoms. The van der Waals surface area contributed by atoms with E-state index in [1.54, 1.807) is 4.68 Å². The van der Waals surface area contributed by atoms with Crippen LogP contribution in [0.25, 0.3) is 0 Å². The van der Waals surface area contributed by atoms with E-state index in [9.17, 15) is 0 Å². The number of hydrogen-bond donors (Lipinski definition) is 1. The predicted octanol–water partition coefficient (Wildman–Crippen LogP) is 0.0952. The smallest absolute Gasteiger partial charge is 0.0967 e. The summed E-state index contributed by atoms with van der Waals surface area (Å²) in [6.45, 7) is 5.04. The second-order valence-electron chi connectivity index (χ2n) is 5.04. The van der Waals surface area contributed by atoms with E-state index in [-0.39, 0.29) is 0 Å². The molecule has 0 aromatic carbocycles. The molecule has 1 aliphatic heterocycles. The van der Waals surface area contributed by atoms with E-state index in [4.69, 9.17) is 10.5 Å². The van der Waals surface area contributed by atoms with Crippen molar-refractivity contribution in [2.24, 2.45) is 11.7 Å². The molecule has 1 aromatic heterocycles. The lowest BCUT2D eigenvalue weighted by Crippen LogP contribution is -2.30. The third-order valence-corrected chi connectivity index (χ3v) is 3.20. The first kappa shape index (κ1) is 13.5. The molecular weight excluding hydrogens is 230 g/mol. The molecule has 2 N–H and O–H groups in total. The normalized spacial score (nSPS) is 20.5. The SMILES string of the molecule is CN(Cc1cn(CCN)nn1)CC1CCCOC1. The number of nitrogens with zero attached hydrogens (tertiary/aromatic N) is 4. The van der Waals surface area contributed by atoms with Crippen LogP contribution in [0, 0.1) is 5.92 Å². The fourth-order valence-corrected chi connectivity index (χ4v) is 2.39. The Kier molecular flexibility index (Phi) is 5.10. The first-order chi connectivity index (χ1) is 8.78. The maximum atomic E-state index is 5.50. The molecule has 6 heteroatoms. The van der Waals surface area contributed by atoms with Gasteiger partial charge in [0, 0.05) is 32.4 Å². The minimum atomic E-state index is 0.595. The molecule has 2 rings (SSSR count). The van der Waals surface area contributed by atoms with Crippen molar-refractivity contribution in [3.05, 3.63) is 11.9 Å². The Morgan fingerprint density at radius 3 is 3.22 bits per heavy atom. The molecule has 2 heterocycles. The summed E-state index contributed by atoms with van der Waals surface area (Å²) in [5, 5.41) is 8.19. The van der Waals surface area contributed by atoms with Crippen molar-refractivity contribution in [1.82, 2.24) is 19.9 Å². The number of aromatic nitrogens is 3. The van der Waals surface area contributed by atoms with Crippen LogP contribution >= 0.6 is 0 Å². The van der Waals surface area contributed by atoms with E-state index >= 15 is 0 Å². The maximum absolute atomic E-state index is 5.50. The summed E-state index contributed by atoms with van der Waals surface area (Å²) >= 11 is 0. The van der Waals surface area contributed by atoms with Crippen LogP contribution in [0.4, 0.5) is 0 Å². The fraction of sp³-hybridized carbons (Fsp3) is 0.833. The van der Waals surface area contributed by atoms with E-state index in [0.29, 0.717) is 12.5 Å². The van der Waals surface area contributed by atoms with Gasteiger partial charge in [0.2, 0.25) is 0 Å². The van der Waals surface area contributed by atoms with Gasteiger partial charge in [-0.2, -0.15) is 0 Å². The summed E-state index contributed by atoms with van der Waals surface area (Å²) in [4.78, 5) is 2.29. The Hall–Kier alpha value is -0.980. The summed E-state index contributed by atoms with van der Waals surface area (Å²) < 4.78 is 7.30.